The van der Waals surface area contributed by atoms with E-state index in [2.05, 4.69) is 16.0 Å². The Labute approximate surface area is 111 Å². The second-order valence-corrected chi connectivity index (χ2v) is 5.47. The normalized spacial score (nSPS) is 35.8. The van der Waals surface area contributed by atoms with E-state index in [4.69, 9.17) is 23.2 Å². The van der Waals surface area contributed by atoms with Crippen molar-refractivity contribution in [2.45, 2.75) is 24.1 Å². The van der Waals surface area contributed by atoms with Crippen molar-refractivity contribution in [3.8, 4) is 0 Å². The first-order valence-corrected chi connectivity index (χ1v) is 6.11. The van der Waals surface area contributed by atoms with Crippen molar-refractivity contribution in [1.82, 2.24) is 16.0 Å². The van der Waals surface area contributed by atoms with Gasteiger partial charge in [0.15, 0.2) is 10.2 Å². The summed E-state index contributed by atoms with van der Waals surface area (Å²) in [6.07, 6.45) is 11.2. The van der Waals surface area contributed by atoms with Crippen molar-refractivity contribution in [2.75, 3.05) is 0 Å². The van der Waals surface area contributed by atoms with Gasteiger partial charge in [0.25, 0.3) is 0 Å². The van der Waals surface area contributed by atoms with Gasteiger partial charge in [-0.3, -0.25) is 0 Å². The molecular weight excluding hydrogens is 257 g/mol. The average Bonchev–Trinajstić information content (AvgIpc) is 2.28. The molecule has 2 heterocycles. The third-order valence-corrected chi connectivity index (χ3v) is 3.19. The van der Waals surface area contributed by atoms with Crippen LogP contribution in [0.4, 0.5) is 0 Å². The van der Waals surface area contributed by atoms with Crippen molar-refractivity contribution in [3.63, 3.8) is 0 Å². The number of dihydropyridines is 2. The Kier molecular flexibility index (Phi) is 3.25. The molecule has 0 aromatic heterocycles. The number of allylic oxidation sites excluding steroid dienone is 4. The number of hydrogen-bond acceptors (Lipinski definition) is 3. The van der Waals surface area contributed by atoms with Crippen molar-refractivity contribution in [1.29, 1.82) is 0 Å². The Morgan fingerprint density at radius 2 is 1.35 bits per heavy atom. The Morgan fingerprint density at radius 1 is 0.941 bits per heavy atom. The van der Waals surface area contributed by atoms with Gasteiger partial charge >= 0.3 is 0 Å². The molecule has 2 aliphatic heterocycles. The fourth-order valence-corrected chi connectivity index (χ4v) is 2.12. The molecule has 0 saturated heterocycles. The van der Waals surface area contributed by atoms with Crippen LogP contribution in [-0.4, -0.2) is 10.2 Å². The van der Waals surface area contributed by atoms with Gasteiger partial charge in [-0.25, -0.2) is 5.32 Å². The van der Waals surface area contributed by atoms with Crippen LogP contribution in [0.25, 0.3) is 0 Å². The Hall–Kier alpha value is -0.900. The number of nitrogens with one attached hydrogen (secondary N) is 3. The summed E-state index contributed by atoms with van der Waals surface area (Å²) < 4.78 is 0. The standard InChI is InChI=1S/C12H15Cl2N3/c1-9-3-5-11(13,15-7-9)17-12(14)6-4-10(2)8-16-12/h3-8,15-17H,1-2H3. The Balaban J connectivity index is 2.07. The zero-order chi connectivity index (χ0) is 12.5. The maximum atomic E-state index is 6.37. The fourth-order valence-electron chi connectivity index (χ4n) is 1.54. The zero-order valence-electron chi connectivity index (χ0n) is 9.72. The highest BCUT2D eigenvalue weighted by Gasteiger charge is 2.35. The third kappa shape index (κ3) is 3.06. The van der Waals surface area contributed by atoms with E-state index in [1.54, 1.807) is 0 Å². The molecule has 2 unspecified atom stereocenters. The monoisotopic (exact) mass is 271 g/mol. The minimum absolute atomic E-state index is 0.891. The number of alkyl halides is 2. The molecule has 2 rings (SSSR count). The summed E-state index contributed by atoms with van der Waals surface area (Å²) in [5.41, 5.74) is 2.21. The molecule has 3 nitrogen and oxygen atoms in total. The summed E-state index contributed by atoms with van der Waals surface area (Å²) in [7, 11) is 0. The van der Waals surface area contributed by atoms with Gasteiger partial charge in [0.05, 0.1) is 0 Å². The van der Waals surface area contributed by atoms with Crippen LogP contribution in [0, 0.1) is 0 Å². The molecule has 0 aromatic rings. The quantitative estimate of drug-likeness (QED) is 0.534. The molecule has 0 bridgehead atoms. The van der Waals surface area contributed by atoms with Gasteiger partial charge in [-0.1, -0.05) is 35.4 Å². The summed E-state index contributed by atoms with van der Waals surface area (Å²) in [5, 5.41) is 7.43. The predicted octanol–water partition coefficient (Wildman–Crippen LogP) is 2.49. The van der Waals surface area contributed by atoms with Gasteiger partial charge in [0.2, 0.25) is 0 Å². The maximum Gasteiger partial charge on any atom is 0.188 e. The molecule has 0 aromatic carbocycles. The first kappa shape index (κ1) is 12.6. The molecule has 92 valence electrons. The van der Waals surface area contributed by atoms with Crippen LogP contribution in [0.1, 0.15) is 13.8 Å². The van der Waals surface area contributed by atoms with Crippen molar-refractivity contribution >= 4 is 23.2 Å². The Morgan fingerprint density at radius 3 is 1.65 bits per heavy atom. The highest BCUT2D eigenvalue weighted by molar-refractivity contribution is 6.28. The van der Waals surface area contributed by atoms with E-state index in [9.17, 15) is 0 Å². The predicted molar refractivity (Wildman–Crippen MR) is 72.4 cm³/mol. The fraction of sp³-hybridized carbons (Fsp3) is 0.333. The zero-order valence-corrected chi connectivity index (χ0v) is 11.2. The van der Waals surface area contributed by atoms with Crippen LogP contribution in [0.15, 0.2) is 47.9 Å². The van der Waals surface area contributed by atoms with Crippen molar-refractivity contribution in [2.24, 2.45) is 0 Å². The minimum Gasteiger partial charge on any atom is -0.357 e. The van der Waals surface area contributed by atoms with Gasteiger partial charge in [-0.15, -0.1) is 0 Å². The first-order valence-electron chi connectivity index (χ1n) is 5.35. The summed E-state index contributed by atoms with van der Waals surface area (Å²) >= 11 is 12.7. The summed E-state index contributed by atoms with van der Waals surface area (Å²) in [6, 6.07) is 0. The molecule has 3 N–H and O–H groups in total. The molecular formula is C12H15Cl2N3. The van der Waals surface area contributed by atoms with E-state index >= 15 is 0 Å². The van der Waals surface area contributed by atoms with Gasteiger partial charge in [-0.05, 0) is 37.1 Å². The lowest BCUT2D eigenvalue weighted by Crippen LogP contribution is -2.62. The molecule has 5 heteroatoms. The topological polar surface area (TPSA) is 36.1 Å². The highest BCUT2D eigenvalue weighted by Crippen LogP contribution is 2.24. The van der Waals surface area contributed by atoms with Crippen LogP contribution in [0.5, 0.6) is 0 Å². The van der Waals surface area contributed by atoms with Gasteiger partial charge in [0, 0.05) is 12.4 Å². The minimum atomic E-state index is -0.891. The van der Waals surface area contributed by atoms with Crippen LogP contribution in [0.2, 0.25) is 0 Å². The Bertz CT molecular complexity index is 399. The molecule has 0 saturated carbocycles. The van der Waals surface area contributed by atoms with Crippen LogP contribution in [0.3, 0.4) is 0 Å². The average molecular weight is 272 g/mol. The lowest BCUT2D eigenvalue weighted by atomic mass is 10.2. The van der Waals surface area contributed by atoms with Crippen molar-refractivity contribution < 1.29 is 0 Å². The van der Waals surface area contributed by atoms with E-state index in [1.807, 2.05) is 50.6 Å². The molecule has 0 amide bonds. The van der Waals surface area contributed by atoms with Gasteiger partial charge in [-0.2, -0.15) is 0 Å². The molecule has 0 fully saturated rings. The lowest BCUT2D eigenvalue weighted by molar-refractivity contribution is 0.387. The van der Waals surface area contributed by atoms with Gasteiger partial charge in [0.1, 0.15) is 0 Å². The SMILES string of the molecule is CC1=CNC(Cl)(NC2(Cl)C=CC(C)=CN2)C=C1. The summed E-state index contributed by atoms with van der Waals surface area (Å²) in [5.74, 6) is 0. The van der Waals surface area contributed by atoms with E-state index in [1.165, 1.54) is 0 Å². The highest BCUT2D eigenvalue weighted by atomic mass is 35.5. The van der Waals surface area contributed by atoms with Crippen LogP contribution in [-0.2, 0) is 0 Å². The molecule has 2 aliphatic rings. The summed E-state index contributed by atoms with van der Waals surface area (Å²) in [6.45, 7) is 3.97. The van der Waals surface area contributed by atoms with Crippen molar-refractivity contribution in [3.05, 3.63) is 47.9 Å². The number of hydrogen-bond donors (Lipinski definition) is 3. The van der Waals surface area contributed by atoms with Gasteiger partial charge < -0.3 is 10.6 Å². The van der Waals surface area contributed by atoms with E-state index < -0.39 is 10.2 Å². The molecule has 17 heavy (non-hydrogen) atoms. The largest absolute Gasteiger partial charge is 0.357 e. The summed E-state index contributed by atoms with van der Waals surface area (Å²) in [4.78, 5) is 0. The lowest BCUT2D eigenvalue weighted by Gasteiger charge is -2.37. The first-order chi connectivity index (χ1) is 7.91. The smallest absolute Gasteiger partial charge is 0.188 e. The second kappa shape index (κ2) is 4.41. The van der Waals surface area contributed by atoms with Crippen LogP contribution >= 0.6 is 23.2 Å². The van der Waals surface area contributed by atoms with E-state index in [-0.39, 0.29) is 0 Å². The van der Waals surface area contributed by atoms with E-state index in [0.717, 1.165) is 11.1 Å². The number of halogens is 2. The third-order valence-electron chi connectivity index (χ3n) is 2.54. The molecule has 0 radical (unpaired) electrons. The van der Waals surface area contributed by atoms with E-state index in [0.29, 0.717) is 0 Å². The molecule has 0 aliphatic carbocycles. The maximum absolute atomic E-state index is 6.37. The second-order valence-electron chi connectivity index (χ2n) is 4.28. The molecule has 0 spiro atoms. The number of rotatable bonds is 2. The molecule has 2 atom stereocenters. The van der Waals surface area contributed by atoms with Crippen LogP contribution < -0.4 is 16.0 Å².